The molecule has 3 nitrogen and oxygen atoms in total. The lowest BCUT2D eigenvalue weighted by Crippen LogP contribution is -2.37. The number of nitrogens with two attached hydrogens (primary N) is 1. The van der Waals surface area contributed by atoms with Gasteiger partial charge in [-0.3, -0.25) is 4.79 Å². The average molecular weight is 292 g/mol. The molecule has 0 aromatic heterocycles. The molecule has 1 fully saturated rings. The number of carbonyl (C=O) groups is 1. The van der Waals surface area contributed by atoms with Gasteiger partial charge in [-0.15, -0.1) is 11.8 Å². The number of amides is 1. The Balaban J connectivity index is 1.85. The number of nitrogens with one attached hydrogen (secondary N) is 1. The summed E-state index contributed by atoms with van der Waals surface area (Å²) >= 11 is 1.76. The van der Waals surface area contributed by atoms with Crippen molar-refractivity contribution in [1.82, 2.24) is 5.32 Å². The lowest BCUT2D eigenvalue weighted by Gasteiger charge is -2.30. The van der Waals surface area contributed by atoms with Gasteiger partial charge in [0.2, 0.25) is 5.91 Å². The largest absolute Gasteiger partial charge is 0.369 e. The van der Waals surface area contributed by atoms with Crippen molar-refractivity contribution in [2.24, 2.45) is 11.7 Å². The summed E-state index contributed by atoms with van der Waals surface area (Å²) in [5.41, 5.74) is 6.69. The van der Waals surface area contributed by atoms with Crippen LogP contribution < -0.4 is 11.1 Å². The molecule has 0 bridgehead atoms. The lowest BCUT2D eigenvalue weighted by molar-refractivity contribution is -0.122. The molecule has 4 heteroatoms. The minimum Gasteiger partial charge on any atom is -0.369 e. The van der Waals surface area contributed by atoms with E-state index in [1.165, 1.54) is 10.5 Å². The lowest BCUT2D eigenvalue weighted by atomic mass is 9.85. The number of primary amides is 1. The highest BCUT2D eigenvalue weighted by Gasteiger charge is 2.25. The summed E-state index contributed by atoms with van der Waals surface area (Å²) < 4.78 is 0. The quantitative estimate of drug-likeness (QED) is 0.820. The average Bonchev–Trinajstić information content (AvgIpc) is 2.48. The fourth-order valence-electron chi connectivity index (χ4n) is 2.89. The Labute approximate surface area is 125 Å². The predicted octanol–water partition coefficient (Wildman–Crippen LogP) is 3.10. The molecule has 110 valence electrons. The zero-order valence-electron chi connectivity index (χ0n) is 12.3. The predicted molar refractivity (Wildman–Crippen MR) is 84.7 cm³/mol. The standard InChI is InChI=1S/C16H24N2OS/c1-11(12-5-9-15(20-2)10-6-12)18-14-7-3-13(4-8-14)16(17)19/h5-6,9-11,13-14,18H,3-4,7-8H2,1-2H3,(H2,17,19). The van der Waals surface area contributed by atoms with Crippen LogP contribution in [0.3, 0.4) is 0 Å². The van der Waals surface area contributed by atoms with Gasteiger partial charge in [0.05, 0.1) is 0 Å². The molecule has 1 aliphatic carbocycles. The van der Waals surface area contributed by atoms with E-state index in [2.05, 4.69) is 42.8 Å². The van der Waals surface area contributed by atoms with Crippen LogP contribution in [0.25, 0.3) is 0 Å². The molecule has 1 aromatic rings. The van der Waals surface area contributed by atoms with Crippen LogP contribution in [0.15, 0.2) is 29.2 Å². The van der Waals surface area contributed by atoms with E-state index < -0.39 is 0 Å². The maximum atomic E-state index is 11.2. The van der Waals surface area contributed by atoms with Gasteiger partial charge < -0.3 is 11.1 Å². The molecule has 0 radical (unpaired) electrons. The third kappa shape index (κ3) is 4.00. The van der Waals surface area contributed by atoms with Gasteiger partial charge in [-0.1, -0.05) is 12.1 Å². The molecule has 1 aromatic carbocycles. The second kappa shape index (κ2) is 7.14. The van der Waals surface area contributed by atoms with Gasteiger partial charge in [-0.2, -0.15) is 0 Å². The van der Waals surface area contributed by atoms with Crippen LogP contribution in [0, 0.1) is 5.92 Å². The Morgan fingerprint density at radius 2 is 1.85 bits per heavy atom. The van der Waals surface area contributed by atoms with Crippen LogP contribution in [-0.4, -0.2) is 18.2 Å². The molecule has 0 aliphatic heterocycles. The zero-order valence-corrected chi connectivity index (χ0v) is 13.1. The first-order chi connectivity index (χ1) is 9.60. The highest BCUT2D eigenvalue weighted by atomic mass is 32.2. The van der Waals surface area contributed by atoms with E-state index >= 15 is 0 Å². The number of carbonyl (C=O) groups excluding carboxylic acids is 1. The summed E-state index contributed by atoms with van der Waals surface area (Å²) in [6.07, 6.45) is 6.02. The molecule has 1 aliphatic rings. The van der Waals surface area contributed by atoms with E-state index in [4.69, 9.17) is 5.73 Å². The first-order valence-corrected chi connectivity index (χ1v) is 8.52. The third-order valence-electron chi connectivity index (χ3n) is 4.23. The molecule has 20 heavy (non-hydrogen) atoms. The van der Waals surface area contributed by atoms with Crippen molar-refractivity contribution in [1.29, 1.82) is 0 Å². The van der Waals surface area contributed by atoms with Gasteiger partial charge in [0.1, 0.15) is 0 Å². The molecule has 1 unspecified atom stereocenters. The Bertz CT molecular complexity index is 438. The van der Waals surface area contributed by atoms with Crippen LogP contribution in [-0.2, 0) is 4.79 Å². The number of benzene rings is 1. The molecule has 1 saturated carbocycles. The van der Waals surface area contributed by atoms with E-state index in [1.54, 1.807) is 11.8 Å². The minimum absolute atomic E-state index is 0.0872. The van der Waals surface area contributed by atoms with Crippen molar-refractivity contribution in [2.75, 3.05) is 6.26 Å². The Kier molecular flexibility index (Phi) is 5.49. The summed E-state index contributed by atoms with van der Waals surface area (Å²) in [5, 5.41) is 3.67. The number of rotatable bonds is 5. The molecule has 0 saturated heterocycles. The summed E-state index contributed by atoms with van der Waals surface area (Å²) in [5.74, 6) is -0.0478. The van der Waals surface area contributed by atoms with Gasteiger partial charge in [-0.05, 0) is 56.6 Å². The summed E-state index contributed by atoms with van der Waals surface area (Å²) in [6, 6.07) is 9.57. The molecular weight excluding hydrogens is 268 g/mol. The molecule has 0 spiro atoms. The van der Waals surface area contributed by atoms with Crippen LogP contribution in [0.1, 0.15) is 44.2 Å². The summed E-state index contributed by atoms with van der Waals surface area (Å²) in [4.78, 5) is 12.5. The fraction of sp³-hybridized carbons (Fsp3) is 0.562. The number of thioether (sulfide) groups is 1. The zero-order chi connectivity index (χ0) is 14.5. The van der Waals surface area contributed by atoms with Crippen LogP contribution >= 0.6 is 11.8 Å². The van der Waals surface area contributed by atoms with Gasteiger partial charge >= 0.3 is 0 Å². The van der Waals surface area contributed by atoms with Crippen molar-refractivity contribution in [3.8, 4) is 0 Å². The Hall–Kier alpha value is -1.00. The van der Waals surface area contributed by atoms with E-state index in [9.17, 15) is 4.79 Å². The third-order valence-corrected chi connectivity index (χ3v) is 4.97. The van der Waals surface area contributed by atoms with E-state index in [1.807, 2.05) is 0 Å². The minimum atomic E-state index is -0.135. The van der Waals surface area contributed by atoms with Gasteiger partial charge in [0, 0.05) is 22.9 Å². The smallest absolute Gasteiger partial charge is 0.220 e. The van der Waals surface area contributed by atoms with Crippen LogP contribution in [0.4, 0.5) is 0 Å². The molecule has 3 N–H and O–H groups in total. The first-order valence-electron chi connectivity index (χ1n) is 7.29. The van der Waals surface area contributed by atoms with Crippen molar-refractivity contribution in [3.63, 3.8) is 0 Å². The second-order valence-corrected chi connectivity index (χ2v) is 6.49. The van der Waals surface area contributed by atoms with Crippen molar-refractivity contribution in [3.05, 3.63) is 29.8 Å². The van der Waals surface area contributed by atoms with Crippen molar-refractivity contribution >= 4 is 17.7 Å². The van der Waals surface area contributed by atoms with Crippen molar-refractivity contribution < 1.29 is 4.79 Å². The maximum absolute atomic E-state index is 11.2. The normalized spacial score (nSPS) is 24.3. The highest BCUT2D eigenvalue weighted by Crippen LogP contribution is 2.26. The van der Waals surface area contributed by atoms with Gasteiger partial charge in [0.25, 0.3) is 0 Å². The molecule has 1 amide bonds. The Morgan fingerprint density at radius 3 is 2.35 bits per heavy atom. The fourth-order valence-corrected chi connectivity index (χ4v) is 3.30. The van der Waals surface area contributed by atoms with E-state index in [0.717, 1.165) is 25.7 Å². The molecular formula is C16H24N2OS. The number of hydrogen-bond acceptors (Lipinski definition) is 3. The Morgan fingerprint density at radius 1 is 1.25 bits per heavy atom. The molecule has 2 rings (SSSR count). The van der Waals surface area contributed by atoms with E-state index in [-0.39, 0.29) is 11.8 Å². The monoisotopic (exact) mass is 292 g/mol. The van der Waals surface area contributed by atoms with Crippen LogP contribution in [0.5, 0.6) is 0 Å². The summed E-state index contributed by atoms with van der Waals surface area (Å²) in [7, 11) is 0. The highest BCUT2D eigenvalue weighted by molar-refractivity contribution is 7.98. The SMILES string of the molecule is CSc1ccc(C(C)NC2CCC(C(N)=O)CC2)cc1. The van der Waals surface area contributed by atoms with Gasteiger partial charge in [0.15, 0.2) is 0 Å². The van der Waals surface area contributed by atoms with E-state index in [0.29, 0.717) is 12.1 Å². The van der Waals surface area contributed by atoms with Gasteiger partial charge in [-0.25, -0.2) is 0 Å². The van der Waals surface area contributed by atoms with Crippen LogP contribution in [0.2, 0.25) is 0 Å². The topological polar surface area (TPSA) is 55.1 Å². The molecule has 0 heterocycles. The second-order valence-electron chi connectivity index (χ2n) is 5.61. The number of hydrogen-bond donors (Lipinski definition) is 2. The molecule has 1 atom stereocenters. The maximum Gasteiger partial charge on any atom is 0.220 e. The first kappa shape index (κ1) is 15.4. The van der Waals surface area contributed by atoms with Crippen molar-refractivity contribution in [2.45, 2.75) is 49.6 Å². The summed E-state index contributed by atoms with van der Waals surface area (Å²) in [6.45, 7) is 2.20.